The molecule has 0 saturated carbocycles. The van der Waals surface area contributed by atoms with Crippen LogP contribution >= 0.6 is 0 Å². The lowest BCUT2D eigenvalue weighted by atomic mass is 10.3. The Morgan fingerprint density at radius 2 is 2.04 bits per heavy atom. The first-order valence-corrected chi connectivity index (χ1v) is 9.35. The van der Waals surface area contributed by atoms with Crippen LogP contribution in [0.25, 0.3) is 0 Å². The Hall–Kier alpha value is -3.01. The van der Waals surface area contributed by atoms with Crippen LogP contribution in [0.4, 0.5) is 5.69 Å². The summed E-state index contributed by atoms with van der Waals surface area (Å²) in [6.07, 6.45) is 1.41. The molecule has 2 heterocycles. The number of hydrogen-bond acceptors (Lipinski definition) is 6. The van der Waals surface area contributed by atoms with Crippen LogP contribution in [0, 0.1) is 0 Å². The Bertz CT molecular complexity index is 1040. The van der Waals surface area contributed by atoms with Crippen molar-refractivity contribution in [3.05, 3.63) is 52.4 Å². The lowest BCUT2D eigenvalue weighted by Gasteiger charge is -2.10. The molecule has 9 nitrogen and oxygen atoms in total. The topological polar surface area (TPSA) is 123 Å². The molecule has 1 aromatic heterocycles. The average Bonchev–Trinajstić information content (AvgIpc) is 3.10. The molecule has 0 atom stereocenters. The van der Waals surface area contributed by atoms with Crippen molar-refractivity contribution in [2.24, 2.45) is 12.0 Å². The number of carbonyl (C=O) groups excluding carboxylic acids is 1. The Kier molecular flexibility index (Phi) is 4.85. The van der Waals surface area contributed by atoms with Gasteiger partial charge in [0.2, 0.25) is 0 Å². The molecule has 2 aromatic rings. The molecule has 10 heteroatoms. The largest absolute Gasteiger partial charge is 0.321 e. The highest BCUT2D eigenvalue weighted by molar-refractivity contribution is 7.90. The lowest BCUT2D eigenvalue weighted by molar-refractivity contribution is 0.102. The highest BCUT2D eigenvalue weighted by Crippen LogP contribution is 2.17. The number of nitrogens with one attached hydrogen (secondary N) is 2. The summed E-state index contributed by atoms with van der Waals surface area (Å²) >= 11 is 0. The number of benzene rings is 1. The van der Waals surface area contributed by atoms with Crippen LogP contribution in [-0.4, -0.2) is 36.5 Å². The smallest absolute Gasteiger partial charge is 0.276 e. The number of aromatic nitrogens is 2. The average molecular weight is 375 g/mol. The molecule has 0 saturated heterocycles. The zero-order valence-electron chi connectivity index (χ0n) is 14.0. The molecule has 1 aromatic carbocycles. The Morgan fingerprint density at radius 1 is 1.23 bits per heavy atom. The maximum Gasteiger partial charge on any atom is 0.276 e. The first-order chi connectivity index (χ1) is 12.3. The van der Waals surface area contributed by atoms with Gasteiger partial charge in [-0.15, -0.1) is 0 Å². The SMILES string of the molecule is Cn1nc(C(=O)Nc2cccc(S(=O)(=O)NC3=NCCC3)c2)ccc1=O. The second kappa shape index (κ2) is 7.08. The number of aryl methyl sites for hydroxylation is 1. The van der Waals surface area contributed by atoms with Gasteiger partial charge in [0.25, 0.3) is 21.5 Å². The number of carbonyl (C=O) groups is 1. The summed E-state index contributed by atoms with van der Waals surface area (Å²) in [5.41, 5.74) is -0.00349. The van der Waals surface area contributed by atoms with Crippen molar-refractivity contribution >= 4 is 27.5 Å². The number of nitrogens with zero attached hydrogens (tertiary/aromatic N) is 3. The zero-order chi connectivity index (χ0) is 18.7. The van der Waals surface area contributed by atoms with Crippen molar-refractivity contribution in [2.45, 2.75) is 17.7 Å². The van der Waals surface area contributed by atoms with Gasteiger partial charge in [0, 0.05) is 31.8 Å². The summed E-state index contributed by atoms with van der Waals surface area (Å²) in [6.45, 7) is 0.612. The third-order valence-electron chi connectivity index (χ3n) is 3.72. The van der Waals surface area contributed by atoms with Crippen molar-refractivity contribution < 1.29 is 13.2 Å². The third kappa shape index (κ3) is 3.97. The highest BCUT2D eigenvalue weighted by Gasteiger charge is 2.19. The summed E-state index contributed by atoms with van der Waals surface area (Å²) < 4.78 is 28.3. The summed E-state index contributed by atoms with van der Waals surface area (Å²) in [6, 6.07) is 8.39. The molecule has 0 spiro atoms. The molecule has 0 bridgehead atoms. The summed E-state index contributed by atoms with van der Waals surface area (Å²) in [5.74, 6) is -0.114. The molecule has 0 aliphatic carbocycles. The van der Waals surface area contributed by atoms with Gasteiger partial charge in [-0.25, -0.2) is 13.1 Å². The summed E-state index contributed by atoms with van der Waals surface area (Å²) in [5, 5.41) is 6.43. The molecule has 136 valence electrons. The van der Waals surface area contributed by atoms with Gasteiger partial charge >= 0.3 is 0 Å². The lowest BCUT2D eigenvalue weighted by Crippen LogP contribution is -2.29. The van der Waals surface area contributed by atoms with E-state index in [1.807, 2.05) is 0 Å². The van der Waals surface area contributed by atoms with Crippen molar-refractivity contribution in [3.8, 4) is 0 Å². The molecule has 3 rings (SSSR count). The molecule has 1 aliphatic heterocycles. The van der Waals surface area contributed by atoms with Crippen LogP contribution in [0.3, 0.4) is 0 Å². The van der Waals surface area contributed by atoms with Gasteiger partial charge in [0.05, 0.1) is 4.90 Å². The Morgan fingerprint density at radius 3 is 2.73 bits per heavy atom. The maximum absolute atomic E-state index is 12.4. The molecule has 0 unspecified atom stereocenters. The fraction of sp³-hybridized carbons (Fsp3) is 0.250. The first kappa shape index (κ1) is 17.8. The number of amidine groups is 1. The molecule has 1 aliphatic rings. The van der Waals surface area contributed by atoms with Crippen molar-refractivity contribution in [2.75, 3.05) is 11.9 Å². The van der Waals surface area contributed by atoms with Crippen LogP contribution in [-0.2, 0) is 17.1 Å². The monoisotopic (exact) mass is 375 g/mol. The number of sulfonamides is 1. The molecule has 0 radical (unpaired) electrons. The normalized spacial score (nSPS) is 14.0. The van der Waals surface area contributed by atoms with E-state index in [-0.39, 0.29) is 16.1 Å². The van der Waals surface area contributed by atoms with E-state index in [2.05, 4.69) is 20.1 Å². The van der Waals surface area contributed by atoms with Gasteiger partial charge in [-0.05, 0) is 30.7 Å². The van der Waals surface area contributed by atoms with E-state index in [0.717, 1.165) is 11.1 Å². The molecular formula is C16H17N5O4S. The van der Waals surface area contributed by atoms with Crippen LogP contribution in [0.5, 0.6) is 0 Å². The maximum atomic E-state index is 12.4. The van der Waals surface area contributed by atoms with E-state index in [0.29, 0.717) is 24.5 Å². The van der Waals surface area contributed by atoms with Crippen molar-refractivity contribution in [1.29, 1.82) is 0 Å². The quantitative estimate of drug-likeness (QED) is 0.806. The van der Waals surface area contributed by atoms with E-state index in [1.54, 1.807) is 6.07 Å². The van der Waals surface area contributed by atoms with Crippen LogP contribution in [0.15, 0.2) is 51.1 Å². The van der Waals surface area contributed by atoms with Crippen molar-refractivity contribution in [3.63, 3.8) is 0 Å². The van der Waals surface area contributed by atoms with Gasteiger partial charge in [-0.2, -0.15) is 5.10 Å². The van der Waals surface area contributed by atoms with Gasteiger partial charge in [0.15, 0.2) is 0 Å². The predicted molar refractivity (Wildman–Crippen MR) is 95.7 cm³/mol. The van der Waals surface area contributed by atoms with E-state index < -0.39 is 15.9 Å². The van der Waals surface area contributed by atoms with Gasteiger partial charge < -0.3 is 5.32 Å². The van der Waals surface area contributed by atoms with Gasteiger partial charge in [0.1, 0.15) is 11.5 Å². The number of rotatable bonds is 4. The van der Waals surface area contributed by atoms with E-state index in [1.165, 1.54) is 37.4 Å². The molecule has 0 fully saturated rings. The zero-order valence-corrected chi connectivity index (χ0v) is 14.8. The fourth-order valence-corrected chi connectivity index (χ4v) is 3.53. The highest BCUT2D eigenvalue weighted by atomic mass is 32.2. The van der Waals surface area contributed by atoms with Crippen LogP contribution in [0.2, 0.25) is 0 Å². The third-order valence-corrected chi connectivity index (χ3v) is 5.10. The van der Waals surface area contributed by atoms with Gasteiger partial charge in [-0.3, -0.25) is 19.3 Å². The van der Waals surface area contributed by atoms with Gasteiger partial charge in [-0.1, -0.05) is 6.07 Å². The molecule has 1 amide bonds. The van der Waals surface area contributed by atoms with E-state index in [9.17, 15) is 18.0 Å². The summed E-state index contributed by atoms with van der Waals surface area (Å²) in [7, 11) is -2.34. The number of hydrogen-bond donors (Lipinski definition) is 2. The number of aliphatic imine (C=N–C) groups is 1. The second-order valence-corrected chi connectivity index (χ2v) is 7.38. The minimum absolute atomic E-state index is 0.0123. The van der Waals surface area contributed by atoms with Crippen molar-refractivity contribution in [1.82, 2.24) is 14.5 Å². The first-order valence-electron chi connectivity index (χ1n) is 7.87. The number of amides is 1. The predicted octanol–water partition coefficient (Wildman–Crippen LogP) is 0.503. The number of anilines is 1. The fourth-order valence-electron chi connectivity index (χ4n) is 2.40. The Labute approximate surface area is 149 Å². The minimum Gasteiger partial charge on any atom is -0.321 e. The molecule has 26 heavy (non-hydrogen) atoms. The van der Waals surface area contributed by atoms with E-state index in [4.69, 9.17) is 0 Å². The minimum atomic E-state index is -3.77. The summed E-state index contributed by atoms with van der Waals surface area (Å²) in [4.78, 5) is 27.7. The molecule has 2 N–H and O–H groups in total. The van der Waals surface area contributed by atoms with Crippen LogP contribution < -0.4 is 15.6 Å². The second-order valence-electron chi connectivity index (χ2n) is 5.70. The standard InChI is InChI=1S/C16H17N5O4S/c1-21-15(22)8-7-13(19-21)16(23)18-11-4-2-5-12(10-11)26(24,25)20-14-6-3-9-17-14/h2,4-5,7-8,10H,3,6,9H2,1H3,(H,17,20)(H,18,23). The van der Waals surface area contributed by atoms with Crippen LogP contribution in [0.1, 0.15) is 23.3 Å². The molecular weight excluding hydrogens is 358 g/mol. The van der Waals surface area contributed by atoms with E-state index >= 15 is 0 Å². The Balaban J connectivity index is 1.79.